The van der Waals surface area contributed by atoms with Crippen LogP contribution < -0.4 is 0 Å². The molecule has 0 fully saturated rings. The summed E-state index contributed by atoms with van der Waals surface area (Å²) >= 11 is 0. The second-order valence-corrected chi connectivity index (χ2v) is 16.8. The fourth-order valence-electron chi connectivity index (χ4n) is 9.87. The van der Waals surface area contributed by atoms with Crippen molar-refractivity contribution in [2.75, 3.05) is 0 Å². The first-order valence-electron chi connectivity index (χ1n) is 22.3. The summed E-state index contributed by atoms with van der Waals surface area (Å²) in [6.45, 7) is 0. The summed E-state index contributed by atoms with van der Waals surface area (Å²) in [6, 6.07) is 84.1. The highest BCUT2D eigenvalue weighted by molar-refractivity contribution is 6.17. The molecule has 3 heterocycles. The highest BCUT2D eigenvalue weighted by Crippen LogP contribution is 2.41. The zero-order valence-electron chi connectivity index (χ0n) is 35.8. The number of rotatable bonds is 7. The van der Waals surface area contributed by atoms with Crippen LogP contribution in [0.2, 0.25) is 0 Å². The Hall–Kier alpha value is -8.93. The number of hydrogen-bond acceptors (Lipinski definition) is 3. The van der Waals surface area contributed by atoms with Crippen molar-refractivity contribution in [3.63, 3.8) is 0 Å². The van der Waals surface area contributed by atoms with Crippen LogP contribution in [0.1, 0.15) is 0 Å². The lowest BCUT2D eigenvalue weighted by Gasteiger charge is -2.12. The van der Waals surface area contributed by atoms with Crippen LogP contribution in [-0.2, 0) is 0 Å². The molecule has 0 aliphatic carbocycles. The molecule has 0 saturated heterocycles. The molecule has 0 aliphatic rings. The Morgan fingerprint density at radius 2 is 0.742 bits per heavy atom. The molecule has 5 heteroatoms. The minimum absolute atomic E-state index is 0.617. The highest BCUT2D eigenvalue weighted by atomic mass is 15.0. The first kappa shape index (κ1) is 37.6. The number of benzene rings is 10. The van der Waals surface area contributed by atoms with E-state index in [1.54, 1.807) is 0 Å². The van der Waals surface area contributed by atoms with Crippen LogP contribution in [0, 0.1) is 0 Å². The molecule has 0 atom stereocenters. The van der Waals surface area contributed by atoms with Gasteiger partial charge in [0, 0.05) is 49.6 Å². The predicted octanol–water partition coefficient (Wildman–Crippen LogP) is 15.6. The molecule has 13 aromatic rings. The van der Waals surface area contributed by atoms with Crippen LogP contribution in [0.15, 0.2) is 237 Å². The number of aromatic nitrogens is 5. The van der Waals surface area contributed by atoms with Gasteiger partial charge < -0.3 is 9.13 Å². The maximum atomic E-state index is 5.24. The number of fused-ring (bicyclic) bond motifs is 7. The van der Waals surface area contributed by atoms with Gasteiger partial charge in [0.1, 0.15) is 0 Å². The van der Waals surface area contributed by atoms with Crippen molar-refractivity contribution in [2.24, 2.45) is 0 Å². The Labute approximate surface area is 381 Å². The van der Waals surface area contributed by atoms with Gasteiger partial charge in [0.25, 0.3) is 0 Å². The maximum absolute atomic E-state index is 5.24. The molecule has 0 bridgehead atoms. The Morgan fingerprint density at radius 3 is 1.45 bits per heavy atom. The molecule has 0 N–H and O–H groups in total. The van der Waals surface area contributed by atoms with Gasteiger partial charge in [0.05, 0.1) is 22.1 Å². The second kappa shape index (κ2) is 15.4. The van der Waals surface area contributed by atoms with E-state index >= 15 is 0 Å². The van der Waals surface area contributed by atoms with Crippen LogP contribution >= 0.6 is 0 Å². The van der Waals surface area contributed by atoms with Crippen molar-refractivity contribution in [1.82, 2.24) is 24.1 Å². The van der Waals surface area contributed by atoms with E-state index in [0.29, 0.717) is 17.5 Å². The second-order valence-electron chi connectivity index (χ2n) is 16.8. The van der Waals surface area contributed by atoms with Gasteiger partial charge in [-0.15, -0.1) is 0 Å². The summed E-state index contributed by atoms with van der Waals surface area (Å²) < 4.78 is 4.72. The Bertz CT molecular complexity index is 3930. The Balaban J connectivity index is 0.961. The van der Waals surface area contributed by atoms with E-state index in [2.05, 4.69) is 228 Å². The van der Waals surface area contributed by atoms with Crippen LogP contribution in [0.5, 0.6) is 0 Å². The molecule has 10 aromatic carbocycles. The van der Waals surface area contributed by atoms with Crippen LogP contribution in [0.3, 0.4) is 0 Å². The van der Waals surface area contributed by atoms with Gasteiger partial charge in [0.2, 0.25) is 0 Å². The quantitative estimate of drug-likeness (QED) is 0.161. The molecule has 13 rings (SSSR count). The minimum atomic E-state index is 0.617. The van der Waals surface area contributed by atoms with E-state index in [4.69, 9.17) is 15.0 Å². The van der Waals surface area contributed by atoms with Crippen molar-refractivity contribution in [3.05, 3.63) is 237 Å². The third kappa shape index (κ3) is 6.28. The van der Waals surface area contributed by atoms with Crippen molar-refractivity contribution in [3.8, 4) is 67.8 Å². The largest absolute Gasteiger partial charge is 0.309 e. The van der Waals surface area contributed by atoms with E-state index < -0.39 is 0 Å². The van der Waals surface area contributed by atoms with Crippen molar-refractivity contribution in [2.45, 2.75) is 0 Å². The van der Waals surface area contributed by atoms with E-state index in [1.165, 1.54) is 49.3 Å². The fourth-order valence-corrected chi connectivity index (χ4v) is 9.87. The summed E-state index contributed by atoms with van der Waals surface area (Å²) in [4.78, 5) is 15.5. The standard InChI is InChI=1S/C61H39N5/c1-4-16-40(17-5-1)43-34-35-56-53(39-43)58-50(26-15-29-57(58)65(56)48-21-8-3-9-22-48)44-32-30-41-31-33-46(37-47(41)36-44)61-63-59(42-18-6-2-7-19-42)62-60(64-61)45-20-14-23-49(38-45)66-54-27-12-10-24-51(54)52-25-11-13-28-55(52)66/h1-39H. The average Bonchev–Trinajstić information content (AvgIpc) is 3.92. The van der Waals surface area contributed by atoms with Gasteiger partial charge in [-0.25, -0.2) is 15.0 Å². The fraction of sp³-hybridized carbons (Fsp3) is 0. The lowest BCUT2D eigenvalue weighted by atomic mass is 9.95. The normalized spacial score (nSPS) is 11.6. The topological polar surface area (TPSA) is 48.5 Å². The molecular formula is C61H39N5. The molecule has 0 amide bonds. The first-order chi connectivity index (χ1) is 32.7. The molecule has 0 radical (unpaired) electrons. The predicted molar refractivity (Wildman–Crippen MR) is 273 cm³/mol. The van der Waals surface area contributed by atoms with Gasteiger partial charge in [-0.3, -0.25) is 0 Å². The third-order valence-electron chi connectivity index (χ3n) is 12.9. The Kier molecular flexibility index (Phi) is 8.78. The summed E-state index contributed by atoms with van der Waals surface area (Å²) in [5, 5.41) is 7.13. The van der Waals surface area contributed by atoms with E-state index in [1.807, 2.05) is 18.2 Å². The zero-order chi connectivity index (χ0) is 43.6. The molecular weight excluding hydrogens is 803 g/mol. The van der Waals surface area contributed by atoms with Gasteiger partial charge in [-0.2, -0.15) is 0 Å². The number of hydrogen-bond donors (Lipinski definition) is 0. The number of nitrogens with zero attached hydrogens (tertiary/aromatic N) is 5. The van der Waals surface area contributed by atoms with Crippen LogP contribution in [0.4, 0.5) is 0 Å². The first-order valence-corrected chi connectivity index (χ1v) is 22.3. The van der Waals surface area contributed by atoms with Crippen molar-refractivity contribution in [1.29, 1.82) is 0 Å². The van der Waals surface area contributed by atoms with Gasteiger partial charge in [-0.1, -0.05) is 170 Å². The molecule has 66 heavy (non-hydrogen) atoms. The van der Waals surface area contributed by atoms with Gasteiger partial charge in [-0.05, 0) is 99.8 Å². The zero-order valence-corrected chi connectivity index (χ0v) is 35.8. The lowest BCUT2D eigenvalue weighted by molar-refractivity contribution is 1.07. The smallest absolute Gasteiger partial charge is 0.164 e. The summed E-state index contributed by atoms with van der Waals surface area (Å²) in [5.41, 5.74) is 14.3. The Morgan fingerprint density at radius 1 is 0.258 bits per heavy atom. The maximum Gasteiger partial charge on any atom is 0.164 e. The minimum Gasteiger partial charge on any atom is -0.309 e. The molecule has 0 saturated carbocycles. The summed E-state index contributed by atoms with van der Waals surface area (Å²) in [6.07, 6.45) is 0. The van der Waals surface area contributed by atoms with E-state index in [-0.39, 0.29) is 0 Å². The van der Waals surface area contributed by atoms with Gasteiger partial charge >= 0.3 is 0 Å². The SMILES string of the molecule is c1ccc(-c2ccc3c(c2)c2c(-c4ccc5ccc(-c6nc(-c7ccccc7)nc(-c7cccc(-n8c9ccccc9c9ccccc98)c7)n6)cc5c4)cccc2n3-c2ccccc2)cc1. The summed E-state index contributed by atoms with van der Waals surface area (Å²) in [7, 11) is 0. The van der Waals surface area contributed by atoms with Crippen LogP contribution in [0.25, 0.3) is 122 Å². The lowest BCUT2D eigenvalue weighted by Crippen LogP contribution is -2.01. The molecule has 5 nitrogen and oxygen atoms in total. The molecule has 0 unspecified atom stereocenters. The van der Waals surface area contributed by atoms with E-state index in [9.17, 15) is 0 Å². The van der Waals surface area contributed by atoms with E-state index in [0.717, 1.165) is 55.4 Å². The number of para-hydroxylation sites is 3. The molecule has 0 spiro atoms. The average molecular weight is 842 g/mol. The molecule has 308 valence electrons. The highest BCUT2D eigenvalue weighted by Gasteiger charge is 2.19. The molecule has 0 aliphatic heterocycles. The summed E-state index contributed by atoms with van der Waals surface area (Å²) in [5.74, 6) is 1.87. The third-order valence-corrected chi connectivity index (χ3v) is 12.9. The monoisotopic (exact) mass is 841 g/mol. The molecule has 3 aromatic heterocycles. The van der Waals surface area contributed by atoms with Crippen molar-refractivity contribution < 1.29 is 0 Å². The van der Waals surface area contributed by atoms with Crippen molar-refractivity contribution >= 4 is 54.4 Å². The van der Waals surface area contributed by atoms with Gasteiger partial charge in [0.15, 0.2) is 17.5 Å². The van der Waals surface area contributed by atoms with Crippen LogP contribution in [-0.4, -0.2) is 24.1 Å².